The largest absolute Gasteiger partial charge is 0.494 e. The Morgan fingerprint density at radius 1 is 1.00 bits per heavy atom. The van der Waals surface area contributed by atoms with Crippen LogP contribution >= 0.6 is 0 Å². The van der Waals surface area contributed by atoms with Crippen molar-refractivity contribution in [1.82, 2.24) is 10.3 Å². The Kier molecular flexibility index (Phi) is 7.25. The molecular formula is C23H25N3O4S. The van der Waals surface area contributed by atoms with Crippen LogP contribution in [-0.4, -0.2) is 32.5 Å². The molecule has 31 heavy (non-hydrogen) atoms. The molecule has 1 N–H and O–H groups in total. The van der Waals surface area contributed by atoms with Crippen LogP contribution in [0.3, 0.4) is 0 Å². The monoisotopic (exact) mass is 439 g/mol. The Balaban J connectivity index is 1.86. The van der Waals surface area contributed by atoms with Crippen molar-refractivity contribution < 1.29 is 17.9 Å². The van der Waals surface area contributed by atoms with Gasteiger partial charge in [-0.15, -0.1) is 0 Å². The highest BCUT2D eigenvalue weighted by Gasteiger charge is 2.27. The standard InChI is InChI=1S/C23H25N3O4S/c1-3-30-21-8-6-20(7-9-21)26(31(28,29)22-10-4-18(2)5-11-22)17-23(27)25-16-19-12-14-24-15-13-19/h4-15H,3,16-17H2,1-2H3,(H,25,27). The highest BCUT2D eigenvalue weighted by Crippen LogP contribution is 2.26. The molecule has 0 aliphatic heterocycles. The van der Waals surface area contributed by atoms with Gasteiger partial charge in [0.2, 0.25) is 5.91 Å². The molecule has 3 rings (SSSR count). The quantitative estimate of drug-likeness (QED) is 0.553. The van der Waals surface area contributed by atoms with Crippen LogP contribution in [0.1, 0.15) is 18.1 Å². The first-order valence-corrected chi connectivity index (χ1v) is 11.3. The lowest BCUT2D eigenvalue weighted by Gasteiger charge is -2.24. The van der Waals surface area contributed by atoms with E-state index in [2.05, 4.69) is 10.3 Å². The third kappa shape index (κ3) is 5.82. The number of nitrogens with one attached hydrogen (secondary N) is 1. The predicted molar refractivity (Wildman–Crippen MR) is 119 cm³/mol. The summed E-state index contributed by atoms with van der Waals surface area (Å²) in [5, 5.41) is 2.77. The third-order valence-electron chi connectivity index (χ3n) is 4.57. The lowest BCUT2D eigenvalue weighted by molar-refractivity contribution is -0.119. The zero-order chi connectivity index (χ0) is 22.3. The fourth-order valence-corrected chi connectivity index (χ4v) is 4.34. The van der Waals surface area contributed by atoms with Crippen molar-refractivity contribution >= 4 is 21.6 Å². The molecule has 0 aliphatic carbocycles. The lowest BCUT2D eigenvalue weighted by atomic mass is 10.2. The number of benzene rings is 2. The molecule has 2 aromatic carbocycles. The van der Waals surface area contributed by atoms with Crippen LogP contribution in [0.5, 0.6) is 5.75 Å². The second-order valence-corrected chi connectivity index (χ2v) is 8.75. The Morgan fingerprint density at radius 3 is 2.26 bits per heavy atom. The number of pyridine rings is 1. The van der Waals surface area contributed by atoms with Gasteiger partial charge in [-0.05, 0) is 67.9 Å². The summed E-state index contributed by atoms with van der Waals surface area (Å²) in [4.78, 5) is 16.7. The van der Waals surface area contributed by atoms with Gasteiger partial charge in [-0.1, -0.05) is 17.7 Å². The summed E-state index contributed by atoms with van der Waals surface area (Å²) in [7, 11) is -3.95. The van der Waals surface area contributed by atoms with Crippen LogP contribution in [0.15, 0.2) is 78.0 Å². The normalized spacial score (nSPS) is 11.0. The molecule has 0 unspecified atom stereocenters. The van der Waals surface area contributed by atoms with Gasteiger partial charge in [-0.25, -0.2) is 8.42 Å². The van der Waals surface area contributed by atoms with Gasteiger partial charge in [0.1, 0.15) is 12.3 Å². The Morgan fingerprint density at radius 2 is 1.65 bits per heavy atom. The molecule has 1 aromatic heterocycles. The van der Waals surface area contributed by atoms with Gasteiger partial charge < -0.3 is 10.1 Å². The molecular weight excluding hydrogens is 414 g/mol. The van der Waals surface area contributed by atoms with E-state index in [1.165, 1.54) is 0 Å². The van der Waals surface area contributed by atoms with E-state index in [1.54, 1.807) is 73.1 Å². The number of carbonyl (C=O) groups is 1. The van der Waals surface area contributed by atoms with Gasteiger partial charge in [-0.2, -0.15) is 0 Å². The number of nitrogens with zero attached hydrogens (tertiary/aromatic N) is 2. The number of hydrogen-bond donors (Lipinski definition) is 1. The van der Waals surface area contributed by atoms with Crippen molar-refractivity contribution in [3.63, 3.8) is 0 Å². The van der Waals surface area contributed by atoms with E-state index in [0.29, 0.717) is 18.0 Å². The summed E-state index contributed by atoms with van der Waals surface area (Å²) in [6, 6.07) is 16.7. The second-order valence-electron chi connectivity index (χ2n) is 6.88. The van der Waals surface area contributed by atoms with Crippen LogP contribution in [0, 0.1) is 6.92 Å². The summed E-state index contributed by atoms with van der Waals surface area (Å²) in [5.41, 5.74) is 2.20. The van der Waals surface area contributed by atoms with E-state index in [0.717, 1.165) is 15.4 Å². The fourth-order valence-electron chi connectivity index (χ4n) is 2.92. The van der Waals surface area contributed by atoms with Gasteiger partial charge in [0.05, 0.1) is 17.2 Å². The topological polar surface area (TPSA) is 88.6 Å². The van der Waals surface area contributed by atoms with Crippen molar-refractivity contribution in [2.75, 3.05) is 17.5 Å². The maximum absolute atomic E-state index is 13.4. The van der Waals surface area contributed by atoms with E-state index in [4.69, 9.17) is 4.74 Å². The number of sulfonamides is 1. The fraction of sp³-hybridized carbons (Fsp3) is 0.217. The van der Waals surface area contributed by atoms with Crippen molar-refractivity contribution in [3.8, 4) is 5.75 Å². The van der Waals surface area contributed by atoms with Crippen molar-refractivity contribution in [3.05, 3.63) is 84.2 Å². The summed E-state index contributed by atoms with van der Waals surface area (Å²) >= 11 is 0. The van der Waals surface area contributed by atoms with Crippen LogP contribution < -0.4 is 14.4 Å². The lowest BCUT2D eigenvalue weighted by Crippen LogP contribution is -2.40. The number of aryl methyl sites for hydroxylation is 1. The maximum atomic E-state index is 13.4. The first-order chi connectivity index (χ1) is 14.9. The molecule has 1 heterocycles. The van der Waals surface area contributed by atoms with E-state index >= 15 is 0 Å². The highest BCUT2D eigenvalue weighted by molar-refractivity contribution is 7.92. The zero-order valence-corrected chi connectivity index (χ0v) is 18.3. The Hall–Kier alpha value is -3.39. The smallest absolute Gasteiger partial charge is 0.264 e. The third-order valence-corrected chi connectivity index (χ3v) is 6.36. The first kappa shape index (κ1) is 22.3. The Labute approximate surface area is 182 Å². The molecule has 0 radical (unpaired) electrons. The summed E-state index contributed by atoms with van der Waals surface area (Å²) < 4.78 is 33.3. The molecule has 0 atom stereocenters. The SMILES string of the molecule is CCOc1ccc(N(CC(=O)NCc2ccncc2)S(=O)(=O)c2ccc(C)cc2)cc1. The molecule has 0 bridgehead atoms. The molecule has 0 spiro atoms. The molecule has 3 aromatic rings. The van der Waals surface area contributed by atoms with Crippen molar-refractivity contribution in [1.29, 1.82) is 0 Å². The summed E-state index contributed by atoms with van der Waals surface area (Å²) in [6.07, 6.45) is 3.27. The van der Waals surface area contributed by atoms with Crippen LogP contribution in [0.25, 0.3) is 0 Å². The number of aromatic nitrogens is 1. The predicted octanol–water partition coefficient (Wildman–Crippen LogP) is 3.30. The van der Waals surface area contributed by atoms with E-state index < -0.39 is 15.9 Å². The highest BCUT2D eigenvalue weighted by atomic mass is 32.2. The van der Waals surface area contributed by atoms with E-state index in [1.807, 2.05) is 13.8 Å². The molecule has 162 valence electrons. The van der Waals surface area contributed by atoms with Crippen molar-refractivity contribution in [2.45, 2.75) is 25.3 Å². The Bertz CT molecular complexity index is 1100. The molecule has 7 nitrogen and oxygen atoms in total. The van der Waals surface area contributed by atoms with Gasteiger partial charge in [0, 0.05) is 18.9 Å². The second kappa shape index (κ2) is 10.1. The maximum Gasteiger partial charge on any atom is 0.264 e. The minimum absolute atomic E-state index is 0.119. The van der Waals surface area contributed by atoms with Gasteiger partial charge >= 0.3 is 0 Å². The van der Waals surface area contributed by atoms with Crippen molar-refractivity contribution in [2.24, 2.45) is 0 Å². The summed E-state index contributed by atoms with van der Waals surface area (Å²) in [6.45, 7) is 4.18. The molecule has 0 saturated carbocycles. The van der Waals surface area contributed by atoms with Gasteiger partial charge in [-0.3, -0.25) is 14.1 Å². The average molecular weight is 440 g/mol. The first-order valence-electron chi connectivity index (χ1n) is 9.88. The van der Waals surface area contributed by atoms with Crippen LogP contribution in [0.2, 0.25) is 0 Å². The number of anilines is 1. The average Bonchev–Trinajstić information content (AvgIpc) is 2.78. The van der Waals surface area contributed by atoms with Gasteiger partial charge in [0.25, 0.3) is 10.0 Å². The zero-order valence-electron chi connectivity index (χ0n) is 17.5. The minimum atomic E-state index is -3.95. The van der Waals surface area contributed by atoms with Crippen LogP contribution in [-0.2, 0) is 21.4 Å². The molecule has 8 heteroatoms. The number of amides is 1. The number of ether oxygens (including phenoxy) is 1. The molecule has 0 fully saturated rings. The molecule has 0 saturated heterocycles. The summed E-state index contributed by atoms with van der Waals surface area (Å²) in [5.74, 6) is 0.211. The number of carbonyl (C=O) groups excluding carboxylic acids is 1. The van der Waals surface area contributed by atoms with Gasteiger partial charge in [0.15, 0.2) is 0 Å². The minimum Gasteiger partial charge on any atom is -0.494 e. The number of hydrogen-bond acceptors (Lipinski definition) is 5. The number of rotatable bonds is 9. The van der Waals surface area contributed by atoms with E-state index in [9.17, 15) is 13.2 Å². The molecule has 1 amide bonds. The van der Waals surface area contributed by atoms with E-state index in [-0.39, 0.29) is 18.0 Å². The molecule has 0 aliphatic rings. The van der Waals surface area contributed by atoms with Crippen LogP contribution in [0.4, 0.5) is 5.69 Å².